The Bertz CT molecular complexity index is 283. The van der Waals surface area contributed by atoms with E-state index < -0.39 is 0 Å². The molecule has 0 radical (unpaired) electrons. The smallest absolute Gasteiger partial charge is 0.320 e. The van der Waals surface area contributed by atoms with Gasteiger partial charge < -0.3 is 9.72 Å². The Labute approximate surface area is 90.2 Å². The standard InChI is InChI=1S/C11H18N2O2/c1-3-15-11(14)9-13(2)8-6-10-5-4-7-12-10/h4-5,7,12H,3,6,8-9H2,1-2H3. The largest absolute Gasteiger partial charge is 0.465 e. The lowest BCUT2D eigenvalue weighted by atomic mass is 10.3. The molecule has 1 aromatic rings. The van der Waals surface area contributed by atoms with Crippen LogP contribution in [-0.4, -0.2) is 42.6 Å². The SMILES string of the molecule is CCOC(=O)CN(C)CCc1ccc[nH]1. The first-order valence-corrected chi connectivity index (χ1v) is 5.18. The molecule has 0 bridgehead atoms. The first-order valence-electron chi connectivity index (χ1n) is 5.18. The quantitative estimate of drug-likeness (QED) is 0.714. The first-order chi connectivity index (χ1) is 7.22. The fourth-order valence-electron chi connectivity index (χ4n) is 1.34. The van der Waals surface area contributed by atoms with E-state index in [2.05, 4.69) is 4.98 Å². The fourth-order valence-corrected chi connectivity index (χ4v) is 1.34. The minimum Gasteiger partial charge on any atom is -0.465 e. The highest BCUT2D eigenvalue weighted by molar-refractivity contribution is 5.71. The number of nitrogens with one attached hydrogen (secondary N) is 1. The molecular formula is C11H18N2O2. The monoisotopic (exact) mass is 210 g/mol. The third-order valence-corrected chi connectivity index (χ3v) is 2.13. The number of nitrogens with zero attached hydrogens (tertiary/aromatic N) is 1. The molecule has 0 fully saturated rings. The molecule has 0 saturated carbocycles. The molecule has 0 aliphatic rings. The number of carbonyl (C=O) groups excluding carboxylic acids is 1. The summed E-state index contributed by atoms with van der Waals surface area (Å²) in [4.78, 5) is 16.2. The molecule has 1 aromatic heterocycles. The van der Waals surface area contributed by atoms with Gasteiger partial charge in [0, 0.05) is 24.9 Å². The van der Waals surface area contributed by atoms with Gasteiger partial charge in [-0.3, -0.25) is 9.69 Å². The number of ether oxygens (including phenoxy) is 1. The number of rotatable bonds is 6. The summed E-state index contributed by atoms with van der Waals surface area (Å²) < 4.78 is 4.86. The Hall–Kier alpha value is -1.29. The van der Waals surface area contributed by atoms with Crippen LogP contribution in [0.25, 0.3) is 0 Å². The second-order valence-corrected chi connectivity index (χ2v) is 3.49. The van der Waals surface area contributed by atoms with E-state index in [0.29, 0.717) is 13.2 Å². The van der Waals surface area contributed by atoms with Crippen LogP contribution >= 0.6 is 0 Å². The lowest BCUT2D eigenvalue weighted by molar-refractivity contribution is -0.144. The minimum atomic E-state index is -0.161. The van der Waals surface area contributed by atoms with Crippen molar-refractivity contribution in [2.75, 3.05) is 26.7 Å². The second kappa shape index (κ2) is 6.24. The van der Waals surface area contributed by atoms with Crippen molar-refractivity contribution in [1.29, 1.82) is 0 Å². The molecule has 0 saturated heterocycles. The van der Waals surface area contributed by atoms with Gasteiger partial charge in [-0.1, -0.05) is 0 Å². The maximum absolute atomic E-state index is 11.1. The Morgan fingerprint density at radius 3 is 3.00 bits per heavy atom. The number of H-pyrrole nitrogens is 1. The van der Waals surface area contributed by atoms with Crippen LogP contribution in [0.5, 0.6) is 0 Å². The van der Waals surface area contributed by atoms with Crippen molar-refractivity contribution in [3.8, 4) is 0 Å². The summed E-state index contributed by atoms with van der Waals surface area (Å²) in [5.74, 6) is -0.161. The van der Waals surface area contributed by atoms with E-state index in [1.165, 1.54) is 5.69 Å². The van der Waals surface area contributed by atoms with Crippen LogP contribution in [0.1, 0.15) is 12.6 Å². The lowest BCUT2D eigenvalue weighted by Gasteiger charge is -2.14. The van der Waals surface area contributed by atoms with Crippen molar-refractivity contribution >= 4 is 5.97 Å². The van der Waals surface area contributed by atoms with Gasteiger partial charge in [-0.05, 0) is 26.1 Å². The third kappa shape index (κ3) is 4.65. The molecule has 4 nitrogen and oxygen atoms in total. The fraction of sp³-hybridized carbons (Fsp3) is 0.545. The molecule has 0 amide bonds. The summed E-state index contributed by atoms with van der Waals surface area (Å²) in [6.07, 6.45) is 2.82. The number of carbonyl (C=O) groups is 1. The molecule has 0 aliphatic heterocycles. The van der Waals surface area contributed by atoms with Crippen LogP contribution in [0, 0.1) is 0 Å². The van der Waals surface area contributed by atoms with E-state index in [1.54, 1.807) is 0 Å². The van der Waals surface area contributed by atoms with Crippen LogP contribution in [-0.2, 0) is 16.0 Å². The zero-order chi connectivity index (χ0) is 11.1. The van der Waals surface area contributed by atoms with Gasteiger partial charge in [0.25, 0.3) is 0 Å². The predicted molar refractivity (Wildman–Crippen MR) is 58.6 cm³/mol. The number of hydrogen-bond donors (Lipinski definition) is 1. The molecule has 1 rings (SSSR count). The molecule has 0 atom stereocenters. The van der Waals surface area contributed by atoms with Crippen molar-refractivity contribution in [3.05, 3.63) is 24.0 Å². The summed E-state index contributed by atoms with van der Waals surface area (Å²) in [5.41, 5.74) is 1.19. The molecule has 1 heterocycles. The normalized spacial score (nSPS) is 10.6. The van der Waals surface area contributed by atoms with Crippen molar-refractivity contribution in [1.82, 2.24) is 9.88 Å². The van der Waals surface area contributed by atoms with Gasteiger partial charge in [-0.15, -0.1) is 0 Å². The molecule has 0 unspecified atom stereocenters. The predicted octanol–water partition coefficient (Wildman–Crippen LogP) is 1.05. The van der Waals surface area contributed by atoms with Crippen molar-refractivity contribution in [3.63, 3.8) is 0 Å². The van der Waals surface area contributed by atoms with E-state index in [1.807, 2.05) is 37.2 Å². The van der Waals surface area contributed by atoms with Gasteiger partial charge in [0.1, 0.15) is 0 Å². The maximum atomic E-state index is 11.1. The van der Waals surface area contributed by atoms with E-state index in [9.17, 15) is 4.79 Å². The van der Waals surface area contributed by atoms with E-state index in [0.717, 1.165) is 13.0 Å². The number of hydrogen-bond acceptors (Lipinski definition) is 3. The van der Waals surface area contributed by atoms with Crippen LogP contribution in [0.4, 0.5) is 0 Å². The summed E-state index contributed by atoms with van der Waals surface area (Å²) in [6, 6.07) is 4.01. The van der Waals surface area contributed by atoms with E-state index >= 15 is 0 Å². The number of aromatic amines is 1. The van der Waals surface area contributed by atoms with Gasteiger partial charge in [-0.2, -0.15) is 0 Å². The van der Waals surface area contributed by atoms with Crippen molar-refractivity contribution < 1.29 is 9.53 Å². The molecule has 0 aliphatic carbocycles. The van der Waals surface area contributed by atoms with Gasteiger partial charge in [0.15, 0.2) is 0 Å². The number of likely N-dealkylation sites (N-methyl/N-ethyl adjacent to an activating group) is 1. The summed E-state index contributed by atoms with van der Waals surface area (Å²) in [6.45, 7) is 3.47. The van der Waals surface area contributed by atoms with E-state index in [4.69, 9.17) is 4.74 Å². The van der Waals surface area contributed by atoms with Crippen LogP contribution in [0.3, 0.4) is 0 Å². The summed E-state index contributed by atoms with van der Waals surface area (Å²) in [5, 5.41) is 0. The highest BCUT2D eigenvalue weighted by atomic mass is 16.5. The van der Waals surface area contributed by atoms with E-state index in [-0.39, 0.29) is 5.97 Å². The van der Waals surface area contributed by atoms with Crippen molar-refractivity contribution in [2.24, 2.45) is 0 Å². The topological polar surface area (TPSA) is 45.3 Å². The summed E-state index contributed by atoms with van der Waals surface area (Å²) >= 11 is 0. The molecule has 1 N–H and O–H groups in total. The number of aromatic nitrogens is 1. The molecular weight excluding hydrogens is 192 g/mol. The molecule has 0 spiro atoms. The van der Waals surface area contributed by atoms with Gasteiger partial charge in [0.2, 0.25) is 0 Å². The Kier molecular flexibility index (Phi) is 4.90. The molecule has 84 valence electrons. The van der Waals surface area contributed by atoms with Crippen molar-refractivity contribution in [2.45, 2.75) is 13.3 Å². The molecule has 0 aromatic carbocycles. The third-order valence-electron chi connectivity index (χ3n) is 2.13. The van der Waals surface area contributed by atoms with Gasteiger partial charge >= 0.3 is 5.97 Å². The van der Waals surface area contributed by atoms with Crippen LogP contribution < -0.4 is 0 Å². The average molecular weight is 210 g/mol. The van der Waals surface area contributed by atoms with Crippen LogP contribution in [0.15, 0.2) is 18.3 Å². The highest BCUT2D eigenvalue weighted by Crippen LogP contribution is 1.97. The zero-order valence-corrected chi connectivity index (χ0v) is 9.32. The lowest BCUT2D eigenvalue weighted by Crippen LogP contribution is -2.29. The van der Waals surface area contributed by atoms with Gasteiger partial charge in [-0.25, -0.2) is 0 Å². The highest BCUT2D eigenvalue weighted by Gasteiger charge is 2.06. The number of esters is 1. The Morgan fingerprint density at radius 2 is 2.40 bits per heavy atom. The second-order valence-electron chi connectivity index (χ2n) is 3.49. The first kappa shape index (κ1) is 11.8. The summed E-state index contributed by atoms with van der Waals surface area (Å²) in [7, 11) is 1.92. The molecule has 4 heteroatoms. The zero-order valence-electron chi connectivity index (χ0n) is 9.32. The maximum Gasteiger partial charge on any atom is 0.320 e. The Balaban J connectivity index is 2.18. The van der Waals surface area contributed by atoms with Gasteiger partial charge in [0.05, 0.1) is 13.2 Å². The minimum absolute atomic E-state index is 0.161. The molecule has 15 heavy (non-hydrogen) atoms. The Morgan fingerprint density at radius 1 is 1.60 bits per heavy atom. The van der Waals surface area contributed by atoms with Crippen LogP contribution in [0.2, 0.25) is 0 Å². The average Bonchev–Trinajstić information content (AvgIpc) is 2.67.